The van der Waals surface area contributed by atoms with Gasteiger partial charge >= 0.3 is 0 Å². The number of nitrogens with zero attached hydrogens (tertiary/aromatic N) is 2. The fourth-order valence-electron chi connectivity index (χ4n) is 2.66. The normalized spacial score (nSPS) is 21.4. The summed E-state index contributed by atoms with van der Waals surface area (Å²) in [6.07, 6.45) is 0.217. The van der Waals surface area contributed by atoms with E-state index < -0.39 is 0 Å². The second-order valence-corrected chi connectivity index (χ2v) is 7.79. The summed E-state index contributed by atoms with van der Waals surface area (Å²) in [5, 5.41) is 2.04. The molecule has 1 amide bonds. The Bertz CT molecular complexity index is 650. The van der Waals surface area contributed by atoms with E-state index in [2.05, 4.69) is 4.98 Å². The molecule has 0 N–H and O–H groups in total. The smallest absolute Gasteiger partial charge is 0.233 e. The van der Waals surface area contributed by atoms with Crippen molar-refractivity contribution in [3.05, 3.63) is 35.7 Å². The number of amides is 1. The quantitative estimate of drug-likeness (QED) is 0.793. The van der Waals surface area contributed by atoms with E-state index in [9.17, 15) is 4.79 Å². The first kappa shape index (κ1) is 16.5. The number of thiazole rings is 1. The maximum atomic E-state index is 12.4. The minimum absolute atomic E-state index is 0.109. The fourth-order valence-corrected chi connectivity index (χ4v) is 4.40. The van der Waals surface area contributed by atoms with E-state index in [-0.39, 0.29) is 18.1 Å². The van der Waals surface area contributed by atoms with Gasteiger partial charge in [-0.25, -0.2) is 4.98 Å². The van der Waals surface area contributed by atoms with Gasteiger partial charge in [0.1, 0.15) is 0 Å². The maximum absolute atomic E-state index is 12.4. The first-order valence-electron chi connectivity index (χ1n) is 7.69. The van der Waals surface area contributed by atoms with E-state index in [1.807, 2.05) is 54.5 Å². The van der Waals surface area contributed by atoms with Crippen LogP contribution in [0, 0.1) is 0 Å². The molecule has 0 aliphatic carbocycles. The molecule has 23 heavy (non-hydrogen) atoms. The summed E-state index contributed by atoms with van der Waals surface area (Å²) < 4.78 is 6.61. The Morgan fingerprint density at radius 2 is 2.00 bits per heavy atom. The van der Waals surface area contributed by atoms with Gasteiger partial charge in [-0.15, -0.1) is 11.3 Å². The van der Waals surface area contributed by atoms with Crippen molar-refractivity contribution in [2.45, 2.75) is 30.4 Å². The number of rotatable bonds is 4. The number of hydrogen-bond donors (Lipinski definition) is 0. The Hall–Kier alpha value is -1.37. The average molecular weight is 348 g/mol. The lowest BCUT2D eigenvalue weighted by Gasteiger charge is -2.35. The number of carbonyl (C=O) groups excluding carboxylic acids is 1. The van der Waals surface area contributed by atoms with E-state index in [0.29, 0.717) is 18.8 Å². The van der Waals surface area contributed by atoms with Crippen LogP contribution in [-0.4, -0.2) is 46.8 Å². The monoisotopic (exact) mass is 348 g/mol. The van der Waals surface area contributed by atoms with E-state index in [0.717, 1.165) is 15.6 Å². The topological polar surface area (TPSA) is 42.4 Å². The molecule has 3 rings (SSSR count). The summed E-state index contributed by atoms with van der Waals surface area (Å²) in [5.41, 5.74) is 2.08. The van der Waals surface area contributed by atoms with Crippen LogP contribution < -0.4 is 0 Å². The van der Waals surface area contributed by atoms with Crippen LogP contribution in [0.1, 0.15) is 13.8 Å². The van der Waals surface area contributed by atoms with Crippen LogP contribution in [0.5, 0.6) is 0 Å². The van der Waals surface area contributed by atoms with Crippen LogP contribution in [0.15, 0.2) is 40.1 Å². The van der Waals surface area contributed by atoms with Gasteiger partial charge in [-0.3, -0.25) is 4.79 Å². The molecule has 122 valence electrons. The molecule has 0 saturated carbocycles. The number of aromatic nitrogens is 1. The van der Waals surface area contributed by atoms with Gasteiger partial charge in [0.25, 0.3) is 0 Å². The van der Waals surface area contributed by atoms with Crippen LogP contribution in [0.3, 0.4) is 0 Å². The number of thioether (sulfide) groups is 1. The third-order valence-corrected chi connectivity index (χ3v) is 5.65. The van der Waals surface area contributed by atoms with Gasteiger partial charge in [0.2, 0.25) is 5.91 Å². The summed E-state index contributed by atoms with van der Waals surface area (Å²) in [4.78, 5) is 18.9. The number of carbonyl (C=O) groups is 1. The van der Waals surface area contributed by atoms with Gasteiger partial charge in [-0.05, 0) is 13.8 Å². The molecule has 0 radical (unpaired) electrons. The van der Waals surface area contributed by atoms with E-state index in [1.54, 1.807) is 11.3 Å². The van der Waals surface area contributed by atoms with Gasteiger partial charge in [0.15, 0.2) is 4.34 Å². The van der Waals surface area contributed by atoms with Crippen molar-refractivity contribution in [3.8, 4) is 11.3 Å². The summed E-state index contributed by atoms with van der Waals surface area (Å²) >= 11 is 3.11. The van der Waals surface area contributed by atoms with Crippen molar-refractivity contribution in [2.24, 2.45) is 0 Å². The SMILES string of the molecule is C[C@H]1CN(C(=O)CSc2nc(-c3ccccc3)cs2)C[C@H](C)O1. The summed E-state index contributed by atoms with van der Waals surface area (Å²) in [6.45, 7) is 5.37. The number of benzene rings is 1. The molecule has 4 nitrogen and oxygen atoms in total. The van der Waals surface area contributed by atoms with Crippen molar-refractivity contribution >= 4 is 29.0 Å². The molecule has 0 bridgehead atoms. The lowest BCUT2D eigenvalue weighted by atomic mass is 10.2. The molecule has 1 fully saturated rings. The van der Waals surface area contributed by atoms with Crippen molar-refractivity contribution in [2.75, 3.05) is 18.8 Å². The predicted octanol–water partition coefficient (Wildman–Crippen LogP) is 3.54. The second kappa shape index (κ2) is 7.47. The summed E-state index contributed by atoms with van der Waals surface area (Å²) in [6, 6.07) is 10.1. The highest BCUT2D eigenvalue weighted by Crippen LogP contribution is 2.28. The van der Waals surface area contributed by atoms with Crippen LogP contribution in [-0.2, 0) is 9.53 Å². The van der Waals surface area contributed by atoms with E-state index in [1.165, 1.54) is 11.8 Å². The largest absolute Gasteiger partial charge is 0.372 e. The minimum atomic E-state index is 0.109. The predicted molar refractivity (Wildman–Crippen MR) is 94.9 cm³/mol. The minimum Gasteiger partial charge on any atom is -0.372 e. The Labute approximate surface area is 144 Å². The van der Waals surface area contributed by atoms with Gasteiger partial charge in [0.05, 0.1) is 23.7 Å². The fraction of sp³-hybridized carbons (Fsp3) is 0.412. The zero-order valence-corrected chi connectivity index (χ0v) is 14.9. The van der Waals surface area contributed by atoms with Crippen molar-refractivity contribution < 1.29 is 9.53 Å². The molecule has 1 saturated heterocycles. The Kier molecular flexibility index (Phi) is 5.35. The standard InChI is InChI=1S/C17H20N2O2S2/c1-12-8-19(9-13(2)21-12)16(20)11-23-17-18-15(10-22-17)14-6-4-3-5-7-14/h3-7,10,12-13H,8-9,11H2,1-2H3/t12-,13-/m0/s1. The summed E-state index contributed by atoms with van der Waals surface area (Å²) in [5.74, 6) is 0.592. The molecule has 1 aromatic carbocycles. The summed E-state index contributed by atoms with van der Waals surface area (Å²) in [7, 11) is 0. The van der Waals surface area contributed by atoms with Crippen LogP contribution >= 0.6 is 23.1 Å². The maximum Gasteiger partial charge on any atom is 0.233 e. The molecular weight excluding hydrogens is 328 g/mol. The number of ether oxygens (including phenoxy) is 1. The highest BCUT2D eigenvalue weighted by atomic mass is 32.2. The van der Waals surface area contributed by atoms with Crippen LogP contribution in [0.4, 0.5) is 0 Å². The lowest BCUT2D eigenvalue weighted by Crippen LogP contribution is -2.48. The van der Waals surface area contributed by atoms with Gasteiger partial charge in [0, 0.05) is 24.0 Å². The lowest BCUT2D eigenvalue weighted by molar-refractivity contribution is -0.140. The molecule has 2 aromatic rings. The molecule has 1 aliphatic heterocycles. The second-order valence-electron chi connectivity index (χ2n) is 5.71. The van der Waals surface area contributed by atoms with Crippen LogP contribution in [0.2, 0.25) is 0 Å². The van der Waals surface area contributed by atoms with Gasteiger partial charge in [-0.2, -0.15) is 0 Å². The molecule has 2 atom stereocenters. The Morgan fingerprint density at radius 1 is 1.30 bits per heavy atom. The average Bonchev–Trinajstić information content (AvgIpc) is 3.01. The third-order valence-electron chi connectivity index (χ3n) is 3.64. The van der Waals surface area contributed by atoms with Crippen molar-refractivity contribution in [3.63, 3.8) is 0 Å². The molecule has 0 spiro atoms. The van der Waals surface area contributed by atoms with Crippen molar-refractivity contribution in [1.29, 1.82) is 0 Å². The zero-order valence-electron chi connectivity index (χ0n) is 13.3. The molecule has 6 heteroatoms. The van der Waals surface area contributed by atoms with Gasteiger partial charge < -0.3 is 9.64 Å². The Balaban J connectivity index is 1.56. The number of morpholine rings is 1. The third kappa shape index (κ3) is 4.34. The molecular formula is C17H20N2O2S2. The highest BCUT2D eigenvalue weighted by Gasteiger charge is 2.25. The first-order chi connectivity index (χ1) is 11.1. The zero-order chi connectivity index (χ0) is 16.2. The van der Waals surface area contributed by atoms with E-state index in [4.69, 9.17) is 4.74 Å². The highest BCUT2D eigenvalue weighted by molar-refractivity contribution is 8.01. The molecule has 0 unspecified atom stereocenters. The van der Waals surface area contributed by atoms with E-state index >= 15 is 0 Å². The molecule has 1 aliphatic rings. The molecule has 2 heterocycles. The van der Waals surface area contributed by atoms with Crippen molar-refractivity contribution in [1.82, 2.24) is 9.88 Å². The first-order valence-corrected chi connectivity index (χ1v) is 9.55. The van der Waals surface area contributed by atoms with Gasteiger partial charge in [-0.1, -0.05) is 42.1 Å². The molecule has 1 aromatic heterocycles. The van der Waals surface area contributed by atoms with Crippen LogP contribution in [0.25, 0.3) is 11.3 Å². The number of hydrogen-bond acceptors (Lipinski definition) is 5. The Morgan fingerprint density at radius 3 is 2.70 bits per heavy atom.